The molecule has 2 aromatic rings. The van der Waals surface area contributed by atoms with Gasteiger partial charge in [-0.1, -0.05) is 0 Å². The van der Waals surface area contributed by atoms with Crippen LogP contribution < -0.4 is 16.2 Å². The number of aromatic nitrogens is 2. The van der Waals surface area contributed by atoms with E-state index in [-0.39, 0.29) is 18.8 Å². The van der Waals surface area contributed by atoms with E-state index in [1.165, 1.54) is 0 Å². The number of aryl methyl sites for hydroxylation is 2. The zero-order chi connectivity index (χ0) is 26.2. The lowest BCUT2D eigenvalue weighted by molar-refractivity contribution is -0.142. The Morgan fingerprint density at radius 3 is 1.83 bits per heavy atom. The molecule has 2 fully saturated rings. The molecule has 2 aromatic heterocycles. The first-order valence-electron chi connectivity index (χ1n) is 11.3. The molecule has 196 valence electrons. The number of anilines is 2. The minimum absolute atomic E-state index is 0.0451. The number of nitrogens with two attached hydrogens (primary N) is 2. The largest absolute Gasteiger partial charge is 0.475 e. The normalized spacial score (nSPS) is 21.9. The highest BCUT2D eigenvalue weighted by Crippen LogP contribution is 2.23. The van der Waals surface area contributed by atoms with Crippen LogP contribution in [0.5, 0.6) is 5.88 Å². The standard InChI is InChI=1S/C12H18N2O3.C6H7BrN2.C6H12O3/c1-8-4-9(13)5-11(14-8)15-6-10-7-16-12(2,3)17-10;1-4-2-5(8)3-6(7)9-4;1-6(2)8-4-5(3-7)9-6/h4-5,10H,6-7H2,1-3H3,(H2,13,14);2-3H,1H3,(H2,8,9);5,7H,3-4H2,1-2H3/t10-;;5-/m0.0/s1. The number of pyridine rings is 2. The second-order valence-corrected chi connectivity index (χ2v) is 9.95. The summed E-state index contributed by atoms with van der Waals surface area (Å²) in [5.41, 5.74) is 14.4. The van der Waals surface area contributed by atoms with Crippen molar-refractivity contribution in [3.8, 4) is 5.88 Å². The lowest BCUT2D eigenvalue weighted by Gasteiger charge is -2.17. The second-order valence-electron chi connectivity index (χ2n) is 9.14. The molecule has 0 aliphatic carbocycles. The van der Waals surface area contributed by atoms with Crippen molar-refractivity contribution in [2.45, 2.75) is 65.3 Å². The van der Waals surface area contributed by atoms with Crippen molar-refractivity contribution in [3.63, 3.8) is 0 Å². The quantitative estimate of drug-likeness (QED) is 0.479. The number of aliphatic hydroxyl groups is 1. The Labute approximate surface area is 215 Å². The van der Waals surface area contributed by atoms with Crippen LogP contribution in [0.4, 0.5) is 11.4 Å². The maximum Gasteiger partial charge on any atom is 0.215 e. The number of ether oxygens (including phenoxy) is 5. The Hall–Kier alpha value is -2.02. The topological polar surface area (TPSA) is 144 Å². The van der Waals surface area contributed by atoms with Crippen molar-refractivity contribution in [1.82, 2.24) is 9.97 Å². The molecular weight excluding hydrogens is 520 g/mol. The average molecular weight is 557 g/mol. The Balaban J connectivity index is 0.000000203. The molecule has 2 saturated heterocycles. The van der Waals surface area contributed by atoms with Gasteiger partial charge in [-0.2, -0.15) is 0 Å². The van der Waals surface area contributed by atoms with Gasteiger partial charge in [-0.15, -0.1) is 0 Å². The molecule has 4 heterocycles. The lowest BCUT2D eigenvalue weighted by atomic mass is 10.3. The average Bonchev–Trinajstić information content (AvgIpc) is 3.26. The predicted octanol–water partition coefficient (Wildman–Crippen LogP) is 3.37. The molecule has 2 atom stereocenters. The third kappa shape index (κ3) is 11.1. The van der Waals surface area contributed by atoms with Gasteiger partial charge in [-0.3, -0.25) is 0 Å². The highest BCUT2D eigenvalue weighted by atomic mass is 79.9. The zero-order valence-electron chi connectivity index (χ0n) is 21.2. The zero-order valence-corrected chi connectivity index (χ0v) is 22.8. The fourth-order valence-corrected chi connectivity index (χ4v) is 3.81. The molecule has 0 unspecified atom stereocenters. The first kappa shape index (κ1) is 29.2. The summed E-state index contributed by atoms with van der Waals surface area (Å²) < 4.78 is 27.8. The van der Waals surface area contributed by atoms with E-state index in [1.807, 2.05) is 47.6 Å². The second kappa shape index (κ2) is 12.8. The van der Waals surface area contributed by atoms with Gasteiger partial charge in [-0.25, -0.2) is 9.97 Å². The summed E-state index contributed by atoms with van der Waals surface area (Å²) in [7, 11) is 0. The Bertz CT molecular complexity index is 889. The number of aliphatic hydroxyl groups excluding tert-OH is 1. The van der Waals surface area contributed by atoms with Crippen LogP contribution in [0.1, 0.15) is 39.1 Å². The summed E-state index contributed by atoms with van der Waals surface area (Å²) in [6, 6.07) is 7.09. The smallest absolute Gasteiger partial charge is 0.215 e. The van der Waals surface area contributed by atoms with Crippen LogP contribution in [-0.2, 0) is 18.9 Å². The van der Waals surface area contributed by atoms with Crippen molar-refractivity contribution < 1.29 is 28.8 Å². The van der Waals surface area contributed by atoms with E-state index in [0.29, 0.717) is 31.4 Å². The van der Waals surface area contributed by atoms with Crippen LogP contribution in [0, 0.1) is 13.8 Å². The van der Waals surface area contributed by atoms with E-state index in [4.69, 9.17) is 40.3 Å². The van der Waals surface area contributed by atoms with E-state index in [2.05, 4.69) is 25.9 Å². The van der Waals surface area contributed by atoms with Gasteiger partial charge in [0.25, 0.3) is 0 Å². The van der Waals surface area contributed by atoms with Gasteiger partial charge in [0.05, 0.1) is 19.8 Å². The highest BCUT2D eigenvalue weighted by Gasteiger charge is 2.33. The molecule has 2 aliphatic heterocycles. The minimum atomic E-state index is -0.521. The van der Waals surface area contributed by atoms with Crippen LogP contribution in [0.15, 0.2) is 28.9 Å². The maximum atomic E-state index is 8.59. The monoisotopic (exact) mass is 556 g/mol. The third-order valence-corrected chi connectivity index (χ3v) is 5.06. The van der Waals surface area contributed by atoms with Gasteiger partial charge < -0.3 is 40.3 Å². The molecule has 0 radical (unpaired) electrons. The third-order valence-electron chi connectivity index (χ3n) is 4.65. The first-order chi connectivity index (χ1) is 16.3. The van der Waals surface area contributed by atoms with Crippen molar-refractivity contribution in [3.05, 3.63) is 40.3 Å². The summed E-state index contributed by atoms with van der Waals surface area (Å²) in [5, 5.41) is 8.59. The molecule has 4 rings (SSSR count). The first-order valence-corrected chi connectivity index (χ1v) is 12.1. The SMILES string of the molecule is CC1(C)OC[C@H](CO)O1.Cc1cc(N)cc(Br)n1.Cc1cc(N)cc(OC[C@H]2COC(C)(C)O2)n1. The molecule has 0 aromatic carbocycles. The predicted molar refractivity (Wildman–Crippen MR) is 137 cm³/mol. The van der Waals surface area contributed by atoms with Gasteiger partial charge in [0.2, 0.25) is 5.88 Å². The number of nitrogens with zero attached hydrogens (tertiary/aromatic N) is 2. The van der Waals surface area contributed by atoms with Crippen molar-refractivity contribution in [2.24, 2.45) is 0 Å². The van der Waals surface area contributed by atoms with Gasteiger partial charge in [0.15, 0.2) is 11.6 Å². The molecule has 5 N–H and O–H groups in total. The van der Waals surface area contributed by atoms with E-state index >= 15 is 0 Å². The molecule has 10 nitrogen and oxygen atoms in total. The number of halogens is 1. The van der Waals surface area contributed by atoms with Crippen molar-refractivity contribution >= 4 is 27.3 Å². The van der Waals surface area contributed by atoms with Crippen molar-refractivity contribution in [2.75, 3.05) is 37.9 Å². The van der Waals surface area contributed by atoms with Crippen LogP contribution >= 0.6 is 15.9 Å². The number of hydrogen-bond donors (Lipinski definition) is 3. The van der Waals surface area contributed by atoms with Crippen LogP contribution in [-0.4, -0.2) is 65.3 Å². The van der Waals surface area contributed by atoms with Gasteiger partial charge >= 0.3 is 0 Å². The molecule has 0 saturated carbocycles. The summed E-state index contributed by atoms with van der Waals surface area (Å²) >= 11 is 3.22. The Morgan fingerprint density at radius 1 is 0.914 bits per heavy atom. The molecule has 35 heavy (non-hydrogen) atoms. The lowest BCUT2D eigenvalue weighted by Crippen LogP contribution is -2.25. The maximum absolute atomic E-state index is 8.59. The fraction of sp³-hybridized carbons (Fsp3) is 0.583. The number of rotatable bonds is 4. The fourth-order valence-electron chi connectivity index (χ4n) is 3.27. The van der Waals surface area contributed by atoms with Crippen LogP contribution in [0.2, 0.25) is 0 Å². The number of hydrogen-bond acceptors (Lipinski definition) is 10. The van der Waals surface area contributed by atoms with Gasteiger partial charge in [0, 0.05) is 28.8 Å². The molecule has 0 bridgehead atoms. The highest BCUT2D eigenvalue weighted by molar-refractivity contribution is 9.10. The van der Waals surface area contributed by atoms with E-state index in [9.17, 15) is 0 Å². The summed E-state index contributed by atoms with van der Waals surface area (Å²) in [6.45, 7) is 12.7. The summed E-state index contributed by atoms with van der Waals surface area (Å²) in [4.78, 5) is 8.30. The van der Waals surface area contributed by atoms with Crippen LogP contribution in [0.25, 0.3) is 0 Å². The molecule has 11 heteroatoms. The van der Waals surface area contributed by atoms with E-state index in [1.54, 1.807) is 18.2 Å². The molecule has 0 spiro atoms. The van der Waals surface area contributed by atoms with Crippen LogP contribution in [0.3, 0.4) is 0 Å². The summed E-state index contributed by atoms with van der Waals surface area (Å²) in [5.74, 6) is -0.490. The Kier molecular flexibility index (Phi) is 10.7. The van der Waals surface area contributed by atoms with E-state index in [0.717, 1.165) is 21.7 Å². The van der Waals surface area contributed by atoms with Crippen molar-refractivity contribution in [1.29, 1.82) is 0 Å². The number of nitrogen functional groups attached to an aromatic ring is 2. The van der Waals surface area contributed by atoms with Gasteiger partial charge in [0.1, 0.15) is 23.4 Å². The minimum Gasteiger partial charge on any atom is -0.475 e. The van der Waals surface area contributed by atoms with Gasteiger partial charge in [-0.05, 0) is 75.7 Å². The molecular formula is C24H37BrN4O6. The summed E-state index contributed by atoms with van der Waals surface area (Å²) in [6.07, 6.45) is -0.187. The molecule has 2 aliphatic rings. The Morgan fingerprint density at radius 2 is 1.43 bits per heavy atom. The molecule has 0 amide bonds. The van der Waals surface area contributed by atoms with E-state index < -0.39 is 11.6 Å².